The number of aromatic nitrogens is 4. The monoisotopic (exact) mass is 1100 g/mol. The third-order valence-electron chi connectivity index (χ3n) is 11.3. The van der Waals surface area contributed by atoms with E-state index in [4.69, 9.17) is 0 Å². The molecule has 0 radical (unpaired) electrons. The number of rotatable bonds is 14. The number of nitrogens with one attached hydrogen (secondary N) is 2. The Hall–Kier alpha value is -4.99. The Morgan fingerprint density at radius 1 is 0.761 bits per heavy atom. The third-order valence-corrected chi connectivity index (χ3v) is 15.2. The highest BCUT2D eigenvalue weighted by molar-refractivity contribution is 14.1. The number of nitriles is 1. The van der Waals surface area contributed by atoms with Gasteiger partial charge in [-0.05, 0) is 128 Å². The van der Waals surface area contributed by atoms with E-state index in [1.165, 1.54) is 48.2 Å². The molecule has 8 rings (SSSR count). The molecule has 11 nitrogen and oxygen atoms in total. The second-order valence-electron chi connectivity index (χ2n) is 15.9. The molecule has 354 valence electrons. The summed E-state index contributed by atoms with van der Waals surface area (Å²) < 4.78 is 133. The molecule has 2 aliphatic rings. The largest absolute Gasteiger partial charge is 0.404 e. The number of pyridine rings is 2. The molecule has 0 amide bonds. The summed E-state index contributed by atoms with van der Waals surface area (Å²) in [5, 5.41) is 11.4. The van der Waals surface area contributed by atoms with E-state index in [0.29, 0.717) is 48.8 Å². The molecule has 4 aromatic heterocycles. The van der Waals surface area contributed by atoms with E-state index in [2.05, 4.69) is 63.5 Å². The Bertz CT molecular complexity index is 3030. The lowest BCUT2D eigenvalue weighted by Crippen LogP contribution is -2.46. The van der Waals surface area contributed by atoms with Gasteiger partial charge in [0.1, 0.15) is 27.9 Å². The van der Waals surface area contributed by atoms with Crippen molar-refractivity contribution in [2.45, 2.75) is 85.6 Å². The Morgan fingerprint density at radius 3 is 1.64 bits per heavy atom. The predicted octanol–water partition coefficient (Wildman–Crippen LogP) is 11.7. The van der Waals surface area contributed by atoms with E-state index in [1.54, 1.807) is 3.37 Å². The molecule has 67 heavy (non-hydrogen) atoms. The summed E-state index contributed by atoms with van der Waals surface area (Å²) in [6, 6.07) is 17.1. The molecular weight excluding hydrogens is 1050 g/mol. The number of thiocarbonyl (C=S) groups is 1. The zero-order valence-electron chi connectivity index (χ0n) is 35.9. The zero-order chi connectivity index (χ0) is 49.1. The molecule has 0 unspecified atom stereocenters. The van der Waals surface area contributed by atoms with Gasteiger partial charge in [0.2, 0.25) is 20.0 Å². The molecule has 0 spiro atoms. The fraction of sp³-hybridized carbons (Fsp3) is 0.304. The number of halogens is 7. The molecule has 0 aliphatic heterocycles. The summed E-state index contributed by atoms with van der Waals surface area (Å²) in [5.41, 5.74) is 6.54. The van der Waals surface area contributed by atoms with Crippen molar-refractivity contribution >= 4 is 80.0 Å². The lowest BCUT2D eigenvalue weighted by atomic mass is 10.1. The van der Waals surface area contributed by atoms with Crippen molar-refractivity contribution in [1.82, 2.24) is 28.5 Å². The lowest BCUT2D eigenvalue weighted by Gasteiger charge is -2.28. The highest BCUT2D eigenvalue weighted by atomic mass is 127. The number of hydrogen-bond acceptors (Lipinski definition) is 8. The number of H-pyrrole nitrogens is 2. The van der Waals surface area contributed by atoms with Crippen molar-refractivity contribution in [3.8, 4) is 28.8 Å². The maximum atomic E-state index is 13.2. The van der Waals surface area contributed by atoms with Crippen LogP contribution < -0.4 is 0 Å². The number of aromatic amines is 2. The molecule has 0 bridgehead atoms. The van der Waals surface area contributed by atoms with Gasteiger partial charge in [-0.1, -0.05) is 48.6 Å². The van der Waals surface area contributed by atoms with Crippen LogP contribution >= 0.6 is 34.8 Å². The first-order valence-corrected chi connectivity index (χ1v) is 25.2. The van der Waals surface area contributed by atoms with Crippen LogP contribution in [0.25, 0.3) is 44.6 Å². The van der Waals surface area contributed by atoms with Gasteiger partial charge in [-0.15, -0.1) is 13.2 Å². The van der Waals surface area contributed by atoms with Crippen LogP contribution in [0.1, 0.15) is 68.1 Å². The molecule has 2 aliphatic carbocycles. The fourth-order valence-electron chi connectivity index (χ4n) is 7.30. The highest BCUT2D eigenvalue weighted by Gasteiger charge is 2.46. The van der Waals surface area contributed by atoms with Crippen LogP contribution in [0.4, 0.5) is 26.3 Å². The zero-order valence-corrected chi connectivity index (χ0v) is 40.6. The van der Waals surface area contributed by atoms with Crippen LogP contribution in [0.2, 0.25) is 0 Å². The van der Waals surface area contributed by atoms with Crippen LogP contribution in [-0.2, 0) is 20.0 Å². The summed E-state index contributed by atoms with van der Waals surface area (Å²) in [4.78, 5) is 14.2. The van der Waals surface area contributed by atoms with E-state index in [-0.39, 0.29) is 9.79 Å². The average molecular weight is 1100 g/mol. The number of alkyl halides is 6. The minimum Gasteiger partial charge on any atom is -0.353 e. The quantitative estimate of drug-likeness (QED) is 0.0359. The van der Waals surface area contributed by atoms with E-state index in [1.807, 2.05) is 52.9 Å². The molecule has 6 aromatic rings. The summed E-state index contributed by atoms with van der Waals surface area (Å²) in [7, 11) is -8.90. The second-order valence-corrected chi connectivity index (χ2v) is 21.4. The van der Waals surface area contributed by atoms with Gasteiger partial charge in [0, 0.05) is 50.7 Å². The summed E-state index contributed by atoms with van der Waals surface area (Å²) in [6.07, 6.45) is -0.448. The van der Waals surface area contributed by atoms with Gasteiger partial charge in [0.25, 0.3) is 0 Å². The summed E-state index contributed by atoms with van der Waals surface area (Å²) in [5.74, 6) is 1.16. The van der Waals surface area contributed by atoms with Crippen LogP contribution in [-0.4, -0.2) is 86.3 Å². The number of nitrogens with zero attached hydrogens (tertiary/aromatic N) is 5. The molecular formula is C46H44F6IN7O4S3. The van der Waals surface area contributed by atoms with Crippen molar-refractivity contribution in [3.63, 3.8) is 0 Å². The minimum absolute atomic E-state index is 0.304. The number of sulfonamides is 2. The molecule has 2 fully saturated rings. The average Bonchev–Trinajstić information content (AvgIpc) is 4.24. The highest BCUT2D eigenvalue weighted by Crippen LogP contribution is 2.43. The molecule has 21 heteroatoms. The third kappa shape index (κ3) is 11.7. The number of hydrogen-bond donors (Lipinski definition) is 2. The number of fused-ring (bicyclic) bond motifs is 2. The van der Waals surface area contributed by atoms with Crippen molar-refractivity contribution in [1.29, 1.82) is 5.26 Å². The van der Waals surface area contributed by atoms with Gasteiger partial charge < -0.3 is 9.97 Å². The van der Waals surface area contributed by atoms with Crippen LogP contribution in [0.3, 0.4) is 0 Å². The topological polar surface area (TPSA) is 156 Å². The Labute approximate surface area is 403 Å². The maximum Gasteiger partial charge on any atom is 0.404 e. The van der Waals surface area contributed by atoms with Crippen molar-refractivity contribution in [3.05, 3.63) is 121 Å². The molecule has 2 N–H and O–H groups in total. The molecule has 4 heterocycles. The molecule has 2 aromatic carbocycles. The fourth-order valence-corrected chi connectivity index (χ4v) is 10.4. The first-order valence-electron chi connectivity index (χ1n) is 20.6. The Morgan fingerprint density at radius 2 is 1.22 bits per heavy atom. The van der Waals surface area contributed by atoms with Gasteiger partial charge in [0.15, 0.2) is 0 Å². The van der Waals surface area contributed by atoms with Crippen molar-refractivity contribution in [2.75, 3.05) is 13.1 Å². The van der Waals surface area contributed by atoms with E-state index in [9.17, 15) is 48.4 Å². The minimum atomic E-state index is -4.74. The van der Waals surface area contributed by atoms with E-state index < -0.39 is 57.6 Å². The maximum absolute atomic E-state index is 13.2. The lowest BCUT2D eigenvalue weighted by molar-refractivity contribution is -0.166. The predicted molar refractivity (Wildman–Crippen MR) is 259 cm³/mol. The van der Waals surface area contributed by atoms with Gasteiger partial charge >= 0.3 is 12.4 Å². The molecule has 2 saturated carbocycles. The normalized spacial score (nSPS) is 15.3. The van der Waals surface area contributed by atoms with Crippen LogP contribution in [0.15, 0.2) is 114 Å². The Balaban J connectivity index is 0.000000209. The van der Waals surface area contributed by atoms with Crippen molar-refractivity contribution < 1.29 is 43.2 Å². The summed E-state index contributed by atoms with van der Waals surface area (Å²) >= 11 is 6.23. The molecule has 2 atom stereocenters. The SMILES string of the molecule is C=CCN([C@@H](C)C(F)(F)F)S(=O)(=O)c1ccc(-c2[nH]c3cc(C4CC4)ccc3c2C#N)nc1.C=CCN([C@@H](C)C(F)(F)F)S(=O)(=O)c1ccc(-c2cc3ccc(C4CC4)cc3[nH]2)nc1.S=CI. The second kappa shape index (κ2) is 20.7. The van der Waals surface area contributed by atoms with Crippen LogP contribution in [0.5, 0.6) is 0 Å². The smallest absolute Gasteiger partial charge is 0.353 e. The first kappa shape index (κ1) is 51.4. The first-order chi connectivity index (χ1) is 31.6. The van der Waals surface area contributed by atoms with E-state index >= 15 is 0 Å². The van der Waals surface area contributed by atoms with Crippen molar-refractivity contribution in [2.24, 2.45) is 0 Å². The molecule has 0 saturated heterocycles. The van der Waals surface area contributed by atoms with Crippen LogP contribution in [0, 0.1) is 11.3 Å². The van der Waals surface area contributed by atoms with E-state index in [0.717, 1.165) is 73.0 Å². The standard InChI is InChI=1S/C23H21F3N4O2S.C22H22F3N3O2S.CHIS/c1-3-10-30(14(2)23(24,25)26)33(31,32)17-7-9-20(28-13-17)22-19(12-27)18-8-6-16(15-4-5-15)11-21(18)29-22;1-3-10-28(14(2)22(23,24)25)31(29,30)18-8-9-19(26-13-18)21-12-17-7-6-16(15-4-5-15)11-20(17)27-21;2-1-3/h3,6-9,11,13-15,29H,1,4-5,10H2,2H3;3,6-9,11-15,27H,1,4-5,10H2,2H3;1H/t2*14-;/m00./s1. The number of benzene rings is 2. The Kier molecular flexibility index (Phi) is 15.9. The summed E-state index contributed by atoms with van der Waals surface area (Å²) in [6.45, 7) is 7.36. The van der Waals surface area contributed by atoms with Gasteiger partial charge in [-0.25, -0.2) is 16.8 Å². The van der Waals surface area contributed by atoms with Gasteiger partial charge in [-0.3, -0.25) is 9.97 Å². The van der Waals surface area contributed by atoms with Gasteiger partial charge in [0.05, 0.1) is 28.3 Å². The van der Waals surface area contributed by atoms with Gasteiger partial charge in [-0.2, -0.15) is 40.2 Å².